The summed E-state index contributed by atoms with van der Waals surface area (Å²) in [5.74, 6) is -0.932. The highest BCUT2D eigenvalue weighted by Gasteiger charge is 2.28. The van der Waals surface area contributed by atoms with Crippen LogP contribution in [0.5, 0.6) is 0 Å². The van der Waals surface area contributed by atoms with Crippen LogP contribution in [0, 0.1) is 0 Å². The Balaban J connectivity index is 1.60. The summed E-state index contributed by atoms with van der Waals surface area (Å²) in [6, 6.07) is 12.4. The van der Waals surface area contributed by atoms with Crippen molar-refractivity contribution in [3.05, 3.63) is 65.9 Å². The molecule has 0 aliphatic rings. The van der Waals surface area contributed by atoms with Gasteiger partial charge in [-0.2, -0.15) is 13.2 Å². The molecule has 154 valence electrons. The number of hydrogen-bond donors (Lipinski definition) is 3. The molecular weight excluding hydrogens is 407 g/mol. The number of H-pyrrole nitrogens is 1. The number of benzene rings is 2. The zero-order valence-corrected chi connectivity index (χ0v) is 15.9. The third-order valence-corrected chi connectivity index (χ3v) is 5.71. The van der Waals surface area contributed by atoms with Crippen molar-refractivity contribution in [3.63, 3.8) is 0 Å². The first-order valence-corrected chi connectivity index (χ1v) is 10.1. The third-order valence-electron chi connectivity index (χ3n) is 4.24. The number of para-hydroxylation sites is 1. The molecular formula is C19H18F3N3O3S. The number of hydrogen-bond acceptors (Lipinski definition) is 3. The van der Waals surface area contributed by atoms with E-state index < -0.39 is 28.7 Å². The molecule has 0 aliphatic carbocycles. The van der Waals surface area contributed by atoms with Crippen LogP contribution in [0.4, 0.5) is 13.2 Å². The normalized spacial score (nSPS) is 12.2. The number of carbonyl (C=O) groups excluding carboxylic acids is 1. The maximum Gasteiger partial charge on any atom is 0.405 e. The van der Waals surface area contributed by atoms with Crippen molar-refractivity contribution in [2.75, 3.05) is 13.1 Å². The van der Waals surface area contributed by atoms with E-state index in [1.165, 1.54) is 24.3 Å². The zero-order chi connectivity index (χ0) is 21.1. The van der Waals surface area contributed by atoms with E-state index in [1.807, 2.05) is 30.5 Å². The van der Waals surface area contributed by atoms with Crippen molar-refractivity contribution < 1.29 is 26.4 Å². The molecule has 0 atom stereocenters. The Kier molecular flexibility index (Phi) is 5.94. The summed E-state index contributed by atoms with van der Waals surface area (Å²) in [7, 11) is -3.82. The molecule has 0 unspecified atom stereocenters. The Bertz CT molecular complexity index is 1110. The summed E-state index contributed by atoms with van der Waals surface area (Å²) in [5, 5.41) is 2.74. The summed E-state index contributed by atoms with van der Waals surface area (Å²) >= 11 is 0. The van der Waals surface area contributed by atoms with Crippen LogP contribution in [-0.4, -0.2) is 38.6 Å². The second-order valence-electron chi connectivity index (χ2n) is 6.33. The second-order valence-corrected chi connectivity index (χ2v) is 8.10. The van der Waals surface area contributed by atoms with E-state index in [1.54, 1.807) is 5.32 Å². The molecule has 0 saturated carbocycles. The SMILES string of the molecule is O=C(NCC(F)(F)F)c1ccc(S(=O)(=O)NCCc2c[nH]c3ccccc23)cc1. The van der Waals surface area contributed by atoms with Crippen LogP contribution < -0.4 is 10.0 Å². The summed E-state index contributed by atoms with van der Waals surface area (Å²) in [6.07, 6.45) is -2.22. The molecule has 1 amide bonds. The Hall–Kier alpha value is -2.85. The van der Waals surface area contributed by atoms with Gasteiger partial charge in [-0.3, -0.25) is 4.79 Å². The first kappa shape index (κ1) is 20.9. The largest absolute Gasteiger partial charge is 0.405 e. The van der Waals surface area contributed by atoms with Gasteiger partial charge < -0.3 is 10.3 Å². The number of nitrogens with one attached hydrogen (secondary N) is 3. The molecule has 0 saturated heterocycles. The summed E-state index contributed by atoms with van der Waals surface area (Å²) < 4.78 is 63.7. The monoisotopic (exact) mass is 425 g/mol. The van der Waals surface area contributed by atoms with Gasteiger partial charge in [-0.15, -0.1) is 0 Å². The Morgan fingerprint density at radius 1 is 1.03 bits per heavy atom. The summed E-state index contributed by atoms with van der Waals surface area (Å²) in [5.41, 5.74) is 1.87. The predicted molar refractivity (Wildman–Crippen MR) is 102 cm³/mol. The number of sulfonamides is 1. The molecule has 3 rings (SSSR count). The fourth-order valence-corrected chi connectivity index (χ4v) is 3.84. The number of amides is 1. The molecule has 6 nitrogen and oxygen atoms in total. The average molecular weight is 425 g/mol. The summed E-state index contributed by atoms with van der Waals surface area (Å²) in [6.45, 7) is -1.29. The van der Waals surface area contributed by atoms with Crippen molar-refractivity contribution >= 4 is 26.8 Å². The van der Waals surface area contributed by atoms with Crippen LogP contribution in [0.25, 0.3) is 10.9 Å². The molecule has 0 radical (unpaired) electrons. The van der Waals surface area contributed by atoms with Gasteiger partial charge in [-0.1, -0.05) is 18.2 Å². The van der Waals surface area contributed by atoms with E-state index in [2.05, 4.69) is 9.71 Å². The Labute approximate surface area is 165 Å². The van der Waals surface area contributed by atoms with Crippen LogP contribution in [0.2, 0.25) is 0 Å². The molecule has 3 N–H and O–H groups in total. The number of alkyl halides is 3. The lowest BCUT2D eigenvalue weighted by Gasteiger charge is -2.09. The van der Waals surface area contributed by atoms with Gasteiger partial charge in [-0.05, 0) is 42.3 Å². The highest BCUT2D eigenvalue weighted by Crippen LogP contribution is 2.18. The van der Waals surface area contributed by atoms with Crippen molar-refractivity contribution in [1.82, 2.24) is 15.0 Å². The van der Waals surface area contributed by atoms with Gasteiger partial charge in [0.2, 0.25) is 10.0 Å². The minimum atomic E-state index is -4.52. The summed E-state index contributed by atoms with van der Waals surface area (Å²) in [4.78, 5) is 14.7. The fourth-order valence-electron chi connectivity index (χ4n) is 2.81. The van der Waals surface area contributed by atoms with Crippen LogP contribution >= 0.6 is 0 Å². The first-order chi connectivity index (χ1) is 13.7. The van der Waals surface area contributed by atoms with Gasteiger partial charge in [0.15, 0.2) is 0 Å². The number of aromatic nitrogens is 1. The molecule has 0 bridgehead atoms. The minimum absolute atomic E-state index is 0.0630. The van der Waals surface area contributed by atoms with E-state index in [9.17, 15) is 26.4 Å². The Morgan fingerprint density at radius 3 is 2.41 bits per heavy atom. The van der Waals surface area contributed by atoms with Crippen molar-refractivity contribution in [3.8, 4) is 0 Å². The zero-order valence-electron chi connectivity index (χ0n) is 15.1. The highest BCUT2D eigenvalue weighted by atomic mass is 32.2. The standard InChI is InChI=1S/C19H18F3N3O3S/c20-19(21,22)12-24-18(26)13-5-7-15(8-6-13)29(27,28)25-10-9-14-11-23-17-4-2-1-3-16(14)17/h1-8,11,23,25H,9-10,12H2,(H,24,26). The van der Waals surface area contributed by atoms with Gasteiger partial charge in [0.05, 0.1) is 4.90 Å². The van der Waals surface area contributed by atoms with Gasteiger partial charge in [0, 0.05) is 29.2 Å². The molecule has 1 aromatic heterocycles. The van der Waals surface area contributed by atoms with Crippen molar-refractivity contribution in [1.29, 1.82) is 0 Å². The number of halogens is 3. The lowest BCUT2D eigenvalue weighted by molar-refractivity contribution is -0.123. The van der Waals surface area contributed by atoms with E-state index in [0.717, 1.165) is 16.5 Å². The molecule has 1 heterocycles. The molecule has 2 aromatic carbocycles. The highest BCUT2D eigenvalue weighted by molar-refractivity contribution is 7.89. The smallest absolute Gasteiger partial charge is 0.361 e. The van der Waals surface area contributed by atoms with E-state index in [4.69, 9.17) is 0 Å². The number of aromatic amines is 1. The quantitative estimate of drug-likeness (QED) is 0.544. The van der Waals surface area contributed by atoms with E-state index in [-0.39, 0.29) is 17.0 Å². The molecule has 10 heteroatoms. The predicted octanol–water partition coefficient (Wildman–Crippen LogP) is 2.98. The maximum absolute atomic E-state index is 12.4. The first-order valence-electron chi connectivity index (χ1n) is 8.65. The van der Waals surface area contributed by atoms with E-state index in [0.29, 0.717) is 6.42 Å². The van der Waals surface area contributed by atoms with Gasteiger partial charge in [0.1, 0.15) is 6.54 Å². The van der Waals surface area contributed by atoms with E-state index >= 15 is 0 Å². The Morgan fingerprint density at radius 2 is 1.72 bits per heavy atom. The van der Waals surface area contributed by atoms with Crippen molar-refractivity contribution in [2.24, 2.45) is 0 Å². The topological polar surface area (TPSA) is 91.1 Å². The van der Waals surface area contributed by atoms with Gasteiger partial charge in [-0.25, -0.2) is 13.1 Å². The number of carbonyl (C=O) groups is 1. The lowest BCUT2D eigenvalue weighted by Crippen LogP contribution is -2.33. The molecule has 0 aliphatic heterocycles. The molecule has 0 spiro atoms. The van der Waals surface area contributed by atoms with Gasteiger partial charge >= 0.3 is 6.18 Å². The van der Waals surface area contributed by atoms with Crippen LogP contribution in [-0.2, 0) is 16.4 Å². The number of rotatable bonds is 7. The van der Waals surface area contributed by atoms with Crippen LogP contribution in [0.3, 0.4) is 0 Å². The minimum Gasteiger partial charge on any atom is -0.361 e. The lowest BCUT2D eigenvalue weighted by atomic mass is 10.1. The van der Waals surface area contributed by atoms with Gasteiger partial charge in [0.25, 0.3) is 5.91 Å². The number of fused-ring (bicyclic) bond motifs is 1. The molecule has 29 heavy (non-hydrogen) atoms. The molecule has 3 aromatic rings. The van der Waals surface area contributed by atoms with Crippen LogP contribution in [0.1, 0.15) is 15.9 Å². The second kappa shape index (κ2) is 8.26. The molecule has 0 fully saturated rings. The van der Waals surface area contributed by atoms with Crippen LogP contribution in [0.15, 0.2) is 59.6 Å². The average Bonchev–Trinajstić information content (AvgIpc) is 3.09. The maximum atomic E-state index is 12.4. The van der Waals surface area contributed by atoms with Crippen molar-refractivity contribution in [2.45, 2.75) is 17.5 Å². The third kappa shape index (κ3) is 5.36. The fraction of sp³-hybridized carbons (Fsp3) is 0.211.